The van der Waals surface area contributed by atoms with Gasteiger partial charge < -0.3 is 19.4 Å². The van der Waals surface area contributed by atoms with Crippen LogP contribution in [-0.4, -0.2) is 33.2 Å². The van der Waals surface area contributed by atoms with Gasteiger partial charge in [0.15, 0.2) is 11.9 Å². The van der Waals surface area contributed by atoms with E-state index in [1.165, 1.54) is 19.2 Å². The Bertz CT molecular complexity index is 1130. The molecule has 0 aliphatic heterocycles. The number of carbonyl (C=O) groups is 1. The largest absolute Gasteiger partial charge is 0.479 e. The molecule has 0 saturated carbocycles. The molecule has 0 fully saturated rings. The molecule has 0 saturated heterocycles. The van der Waals surface area contributed by atoms with Gasteiger partial charge in [0.1, 0.15) is 12.4 Å². The highest BCUT2D eigenvalue weighted by Crippen LogP contribution is 2.37. The number of carboxylic acid groups (broad SMARTS) is 1. The number of hydrogen-bond donors (Lipinski definition) is 1. The molecule has 3 rings (SSSR count). The van der Waals surface area contributed by atoms with Crippen molar-refractivity contribution >= 4 is 23.8 Å². The quantitative estimate of drug-likeness (QED) is 0.363. The number of carboxylic acids is 1. The number of rotatable bonds is 9. The lowest BCUT2D eigenvalue weighted by Crippen LogP contribution is -2.23. The van der Waals surface area contributed by atoms with Gasteiger partial charge in [-0.1, -0.05) is 47.1 Å². The molecule has 0 aliphatic rings. The first kappa shape index (κ1) is 23.1. The van der Waals surface area contributed by atoms with E-state index in [1.54, 1.807) is 17.8 Å². The van der Waals surface area contributed by atoms with E-state index < -0.39 is 12.1 Å². The van der Waals surface area contributed by atoms with Gasteiger partial charge >= 0.3 is 5.97 Å². The van der Waals surface area contributed by atoms with Crippen molar-refractivity contribution in [3.05, 3.63) is 69.9 Å². The fraction of sp³-hybridized carbons (Fsp3) is 0.261. The van der Waals surface area contributed by atoms with Crippen LogP contribution in [0.5, 0.6) is 17.4 Å². The molecule has 32 heavy (non-hydrogen) atoms. The summed E-state index contributed by atoms with van der Waals surface area (Å²) in [5.41, 5.74) is 3.10. The zero-order valence-electron chi connectivity index (χ0n) is 18.2. The van der Waals surface area contributed by atoms with Gasteiger partial charge in [-0.15, -0.1) is 0 Å². The molecule has 1 atom stereocenters. The van der Waals surface area contributed by atoms with Gasteiger partial charge in [0.05, 0.1) is 16.9 Å². The molecule has 0 unspecified atom stereocenters. The van der Waals surface area contributed by atoms with Crippen molar-refractivity contribution in [3.63, 3.8) is 0 Å². The average Bonchev–Trinajstić information content (AvgIpc) is 3.00. The molecule has 0 aliphatic carbocycles. The first-order valence-electron chi connectivity index (χ1n) is 9.86. The minimum atomic E-state index is -1.11. The van der Waals surface area contributed by atoms with Gasteiger partial charge in [-0.3, -0.25) is 0 Å². The predicted octanol–water partition coefficient (Wildman–Crippen LogP) is 4.89. The summed E-state index contributed by atoms with van der Waals surface area (Å²) < 4.78 is 13.2. The number of hydrogen-bond acceptors (Lipinski definition) is 6. The number of aromatic nitrogens is 2. The lowest BCUT2D eigenvalue weighted by molar-refractivity contribution is -0.144. The fourth-order valence-corrected chi connectivity index (χ4v) is 3.05. The molecule has 2 aromatic carbocycles. The summed E-state index contributed by atoms with van der Waals surface area (Å²) in [6.45, 7) is 5.48. The van der Waals surface area contributed by atoms with Crippen LogP contribution in [0.1, 0.15) is 29.3 Å². The van der Waals surface area contributed by atoms with Gasteiger partial charge in [-0.25, -0.2) is 9.48 Å². The van der Waals surface area contributed by atoms with E-state index in [1.807, 2.05) is 44.2 Å². The van der Waals surface area contributed by atoms with E-state index in [-0.39, 0.29) is 12.4 Å². The highest BCUT2D eigenvalue weighted by atomic mass is 35.5. The zero-order chi connectivity index (χ0) is 23.3. The number of aliphatic carboxylic acids is 1. The van der Waals surface area contributed by atoms with Crippen LogP contribution in [0.25, 0.3) is 0 Å². The maximum Gasteiger partial charge on any atom is 0.344 e. The smallest absolute Gasteiger partial charge is 0.344 e. The number of aryl methyl sites for hydroxylation is 2. The van der Waals surface area contributed by atoms with Crippen LogP contribution in [0.3, 0.4) is 0 Å². The summed E-state index contributed by atoms with van der Waals surface area (Å²) in [6, 6.07) is 12.7. The van der Waals surface area contributed by atoms with Crippen LogP contribution in [-0.2, 0) is 23.3 Å². The highest BCUT2D eigenvalue weighted by Gasteiger charge is 2.19. The van der Waals surface area contributed by atoms with Crippen LogP contribution in [0.15, 0.2) is 47.6 Å². The number of halogens is 1. The summed E-state index contributed by atoms with van der Waals surface area (Å²) in [7, 11) is 1.76. The van der Waals surface area contributed by atoms with Crippen molar-refractivity contribution in [3.8, 4) is 17.4 Å². The second-order valence-corrected chi connectivity index (χ2v) is 7.56. The number of nitrogens with zero attached hydrogens (tertiary/aromatic N) is 3. The Morgan fingerprint density at radius 2 is 1.97 bits per heavy atom. The molecule has 0 amide bonds. The molecule has 0 radical (unpaired) electrons. The molecule has 0 bridgehead atoms. The maximum atomic E-state index is 11.3. The molecule has 9 heteroatoms. The Morgan fingerprint density at radius 3 is 2.59 bits per heavy atom. The molecule has 1 N–H and O–H groups in total. The second-order valence-electron chi connectivity index (χ2n) is 7.15. The summed E-state index contributed by atoms with van der Waals surface area (Å²) in [6.07, 6.45) is 0.323. The second kappa shape index (κ2) is 10.2. The Morgan fingerprint density at radius 1 is 1.25 bits per heavy atom. The van der Waals surface area contributed by atoms with Gasteiger partial charge in [0.2, 0.25) is 5.88 Å². The van der Waals surface area contributed by atoms with E-state index in [0.717, 1.165) is 16.8 Å². The van der Waals surface area contributed by atoms with Crippen LogP contribution < -0.4 is 9.47 Å². The lowest BCUT2D eigenvalue weighted by atomic mass is 10.2. The van der Waals surface area contributed by atoms with Crippen molar-refractivity contribution in [1.82, 2.24) is 9.78 Å². The normalized spacial score (nSPS) is 12.0. The van der Waals surface area contributed by atoms with Crippen molar-refractivity contribution in [2.24, 2.45) is 12.2 Å². The first-order chi connectivity index (χ1) is 15.3. The van der Waals surface area contributed by atoms with Crippen LogP contribution in [0.4, 0.5) is 0 Å². The average molecular weight is 458 g/mol. The topological polar surface area (TPSA) is 95.2 Å². The summed E-state index contributed by atoms with van der Waals surface area (Å²) >= 11 is 6.44. The van der Waals surface area contributed by atoms with Crippen molar-refractivity contribution in [2.45, 2.75) is 33.5 Å². The zero-order valence-corrected chi connectivity index (χ0v) is 19.0. The van der Waals surface area contributed by atoms with E-state index >= 15 is 0 Å². The SMILES string of the molecule is Cc1nn(C)c(Oc2cc(O[C@@H](C)C(=O)O)c(C=NOCc3ccccc3)cc2Cl)c1C. The molecule has 1 aromatic heterocycles. The van der Waals surface area contributed by atoms with Gasteiger partial charge in [0.25, 0.3) is 0 Å². The van der Waals surface area contributed by atoms with E-state index in [0.29, 0.717) is 22.2 Å². The van der Waals surface area contributed by atoms with Crippen LogP contribution in [0.2, 0.25) is 5.02 Å². The molecular weight excluding hydrogens is 434 g/mol. The third kappa shape index (κ3) is 5.59. The molecular formula is C23H24ClN3O5. The Hall–Kier alpha value is -3.52. The van der Waals surface area contributed by atoms with E-state index in [2.05, 4.69) is 10.3 Å². The third-order valence-corrected chi connectivity index (χ3v) is 5.02. The number of ether oxygens (including phenoxy) is 2. The molecule has 3 aromatic rings. The Labute approximate surface area is 191 Å². The van der Waals surface area contributed by atoms with Crippen LogP contribution in [0, 0.1) is 13.8 Å². The van der Waals surface area contributed by atoms with Gasteiger partial charge in [-0.2, -0.15) is 5.10 Å². The monoisotopic (exact) mass is 457 g/mol. The molecule has 8 nitrogen and oxygen atoms in total. The van der Waals surface area contributed by atoms with Gasteiger partial charge in [0, 0.05) is 24.2 Å². The summed E-state index contributed by atoms with van der Waals surface area (Å²) in [5, 5.41) is 17.8. The molecule has 168 valence electrons. The first-order valence-corrected chi connectivity index (χ1v) is 10.2. The minimum absolute atomic E-state index is 0.239. The maximum absolute atomic E-state index is 11.3. The number of oxime groups is 1. The van der Waals surface area contributed by atoms with Crippen molar-refractivity contribution in [2.75, 3.05) is 0 Å². The molecule has 1 heterocycles. The highest BCUT2D eigenvalue weighted by molar-refractivity contribution is 6.32. The molecule has 0 spiro atoms. The standard InChI is InChI=1S/C23H24ClN3O5/c1-14-15(2)26-27(4)22(14)32-21-11-20(31-16(3)23(28)29)18(10-19(21)24)12-25-30-13-17-8-6-5-7-9-17/h5-12,16H,13H2,1-4H3,(H,28,29)/t16-/m0/s1. The minimum Gasteiger partial charge on any atom is -0.479 e. The summed E-state index contributed by atoms with van der Waals surface area (Å²) in [4.78, 5) is 16.7. The lowest BCUT2D eigenvalue weighted by Gasteiger charge is -2.16. The van der Waals surface area contributed by atoms with E-state index in [4.69, 9.17) is 25.9 Å². The summed E-state index contributed by atoms with van der Waals surface area (Å²) in [5.74, 6) is -0.0476. The van der Waals surface area contributed by atoms with Crippen LogP contribution >= 0.6 is 11.6 Å². The Kier molecular flexibility index (Phi) is 7.37. The number of benzene rings is 2. The fourth-order valence-electron chi connectivity index (χ4n) is 2.84. The van der Waals surface area contributed by atoms with Crippen molar-refractivity contribution < 1.29 is 24.2 Å². The van der Waals surface area contributed by atoms with E-state index in [9.17, 15) is 9.90 Å². The van der Waals surface area contributed by atoms with Gasteiger partial charge in [-0.05, 0) is 32.4 Å². The predicted molar refractivity (Wildman–Crippen MR) is 121 cm³/mol. The van der Waals surface area contributed by atoms with Crippen molar-refractivity contribution in [1.29, 1.82) is 0 Å². The Balaban J connectivity index is 1.87. The third-order valence-electron chi connectivity index (χ3n) is 4.72.